The number of hydrogen-bond donors (Lipinski definition) is 2. The first-order valence-corrected chi connectivity index (χ1v) is 5.96. The zero-order valence-corrected chi connectivity index (χ0v) is 10.8. The first-order chi connectivity index (χ1) is 7.95. The van der Waals surface area contributed by atoms with E-state index in [2.05, 4.69) is 24.1 Å². The largest absolute Gasteiger partial charge is 0.356 e. The summed E-state index contributed by atoms with van der Waals surface area (Å²) in [5.74, 6) is 0.195. The van der Waals surface area contributed by atoms with Gasteiger partial charge in [0.15, 0.2) is 5.78 Å². The van der Waals surface area contributed by atoms with Crippen LogP contribution in [0.5, 0.6) is 0 Å². The number of Topliss-reactive ketones (excluding diaryl/α,β-unsaturated/α-hetero) is 1. The first kappa shape index (κ1) is 13.5. The number of hydrogen-bond acceptors (Lipinski definition) is 2. The molecule has 0 aliphatic heterocycles. The average Bonchev–Trinajstić information content (AvgIpc) is 2.74. The van der Waals surface area contributed by atoms with Gasteiger partial charge in [-0.05, 0) is 25.3 Å². The highest BCUT2D eigenvalue weighted by Gasteiger charge is 2.16. The Hall–Kier alpha value is -1.58. The van der Waals surface area contributed by atoms with E-state index in [-0.39, 0.29) is 17.7 Å². The molecular formula is C13H20N2O2. The highest BCUT2D eigenvalue weighted by Crippen LogP contribution is 2.08. The van der Waals surface area contributed by atoms with Crippen LogP contribution in [0.25, 0.3) is 0 Å². The minimum Gasteiger partial charge on any atom is -0.356 e. The van der Waals surface area contributed by atoms with Crippen LogP contribution in [-0.2, 0) is 0 Å². The number of carbonyl (C=O) groups is 2. The van der Waals surface area contributed by atoms with Crippen LogP contribution in [0.3, 0.4) is 0 Å². The fourth-order valence-electron chi connectivity index (χ4n) is 1.71. The third kappa shape index (κ3) is 3.44. The Kier molecular flexibility index (Phi) is 4.49. The van der Waals surface area contributed by atoms with Crippen molar-refractivity contribution in [3.8, 4) is 0 Å². The SMILES string of the molecule is CCC(NC(=O)c1cc(C(C)=O)c[nH]1)C(C)C. The van der Waals surface area contributed by atoms with Crippen molar-refractivity contribution in [3.05, 3.63) is 23.5 Å². The van der Waals surface area contributed by atoms with Crippen molar-refractivity contribution >= 4 is 11.7 Å². The molecule has 4 heteroatoms. The number of amides is 1. The molecule has 0 aliphatic carbocycles. The van der Waals surface area contributed by atoms with Crippen LogP contribution in [0, 0.1) is 5.92 Å². The van der Waals surface area contributed by atoms with E-state index in [4.69, 9.17) is 0 Å². The second kappa shape index (κ2) is 5.66. The maximum Gasteiger partial charge on any atom is 0.267 e. The molecule has 0 aromatic carbocycles. The van der Waals surface area contributed by atoms with E-state index in [9.17, 15) is 9.59 Å². The van der Waals surface area contributed by atoms with E-state index in [1.54, 1.807) is 12.3 Å². The molecule has 0 spiro atoms. The molecule has 1 rings (SSSR count). The zero-order chi connectivity index (χ0) is 13.0. The Balaban J connectivity index is 2.72. The van der Waals surface area contributed by atoms with Crippen molar-refractivity contribution in [2.75, 3.05) is 0 Å². The number of nitrogens with one attached hydrogen (secondary N) is 2. The third-order valence-corrected chi connectivity index (χ3v) is 2.90. The lowest BCUT2D eigenvalue weighted by Gasteiger charge is -2.20. The van der Waals surface area contributed by atoms with Crippen LogP contribution in [0.1, 0.15) is 55.0 Å². The molecule has 1 amide bonds. The topological polar surface area (TPSA) is 62.0 Å². The number of H-pyrrole nitrogens is 1. The van der Waals surface area contributed by atoms with E-state index in [1.165, 1.54) is 6.92 Å². The Morgan fingerprint density at radius 2 is 2.06 bits per heavy atom. The molecule has 1 aromatic heterocycles. The smallest absolute Gasteiger partial charge is 0.267 e. The predicted octanol–water partition coefficient (Wildman–Crippen LogP) is 2.38. The summed E-state index contributed by atoms with van der Waals surface area (Å²) in [6, 6.07) is 1.75. The van der Waals surface area contributed by atoms with Gasteiger partial charge in [0, 0.05) is 17.8 Å². The minimum atomic E-state index is -0.155. The summed E-state index contributed by atoms with van der Waals surface area (Å²) in [6.07, 6.45) is 2.46. The zero-order valence-electron chi connectivity index (χ0n) is 10.8. The van der Waals surface area contributed by atoms with Gasteiger partial charge in [-0.15, -0.1) is 0 Å². The summed E-state index contributed by atoms with van der Waals surface area (Å²) < 4.78 is 0. The average molecular weight is 236 g/mol. The van der Waals surface area contributed by atoms with Gasteiger partial charge in [0.25, 0.3) is 5.91 Å². The van der Waals surface area contributed by atoms with Crippen LogP contribution >= 0.6 is 0 Å². The normalized spacial score (nSPS) is 12.5. The Morgan fingerprint density at radius 1 is 1.41 bits per heavy atom. The quantitative estimate of drug-likeness (QED) is 0.771. The van der Waals surface area contributed by atoms with Gasteiger partial charge in [-0.25, -0.2) is 0 Å². The minimum absolute atomic E-state index is 0.0452. The summed E-state index contributed by atoms with van der Waals surface area (Å²) in [6.45, 7) is 7.67. The standard InChI is InChI=1S/C13H20N2O2/c1-5-11(8(2)3)15-13(17)12-6-10(7-14-12)9(4)16/h6-8,11,14H,5H2,1-4H3,(H,15,17). The summed E-state index contributed by atoms with van der Waals surface area (Å²) in [7, 11) is 0. The van der Waals surface area contributed by atoms with Crippen LogP contribution in [0.2, 0.25) is 0 Å². The molecule has 0 bridgehead atoms. The monoisotopic (exact) mass is 236 g/mol. The second-order valence-corrected chi connectivity index (χ2v) is 4.59. The Morgan fingerprint density at radius 3 is 2.47 bits per heavy atom. The second-order valence-electron chi connectivity index (χ2n) is 4.59. The number of rotatable bonds is 5. The molecule has 0 aliphatic rings. The lowest BCUT2D eigenvalue weighted by Crippen LogP contribution is -2.38. The first-order valence-electron chi connectivity index (χ1n) is 5.96. The maximum atomic E-state index is 11.9. The lowest BCUT2D eigenvalue weighted by molar-refractivity contribution is 0.0920. The Labute approximate surface area is 102 Å². The number of aromatic nitrogens is 1. The molecule has 94 valence electrons. The third-order valence-electron chi connectivity index (χ3n) is 2.90. The molecule has 2 N–H and O–H groups in total. The highest BCUT2D eigenvalue weighted by molar-refractivity contribution is 5.99. The van der Waals surface area contributed by atoms with Crippen LogP contribution < -0.4 is 5.32 Å². The van der Waals surface area contributed by atoms with Gasteiger partial charge < -0.3 is 10.3 Å². The lowest BCUT2D eigenvalue weighted by atomic mass is 10.0. The fourth-order valence-corrected chi connectivity index (χ4v) is 1.71. The van der Waals surface area contributed by atoms with E-state index in [1.807, 2.05) is 6.92 Å². The van der Waals surface area contributed by atoms with Gasteiger partial charge in [-0.3, -0.25) is 9.59 Å². The number of aromatic amines is 1. The van der Waals surface area contributed by atoms with Crippen molar-refractivity contribution in [1.82, 2.24) is 10.3 Å². The van der Waals surface area contributed by atoms with Gasteiger partial charge in [0.2, 0.25) is 0 Å². The van der Waals surface area contributed by atoms with Crippen molar-refractivity contribution in [2.24, 2.45) is 5.92 Å². The van der Waals surface area contributed by atoms with Crippen LogP contribution in [0.4, 0.5) is 0 Å². The number of carbonyl (C=O) groups excluding carboxylic acids is 2. The molecule has 0 saturated heterocycles. The fraction of sp³-hybridized carbons (Fsp3) is 0.538. The van der Waals surface area contributed by atoms with Gasteiger partial charge in [0.1, 0.15) is 5.69 Å². The van der Waals surface area contributed by atoms with E-state index >= 15 is 0 Å². The molecule has 0 fully saturated rings. The van der Waals surface area contributed by atoms with E-state index < -0.39 is 0 Å². The van der Waals surface area contributed by atoms with Crippen LogP contribution in [-0.4, -0.2) is 22.7 Å². The molecule has 17 heavy (non-hydrogen) atoms. The Bertz CT molecular complexity index is 407. The van der Waals surface area contributed by atoms with Gasteiger partial charge >= 0.3 is 0 Å². The molecule has 4 nitrogen and oxygen atoms in total. The van der Waals surface area contributed by atoms with E-state index in [0.29, 0.717) is 17.2 Å². The molecular weight excluding hydrogens is 216 g/mol. The van der Waals surface area contributed by atoms with Crippen molar-refractivity contribution < 1.29 is 9.59 Å². The summed E-state index contributed by atoms with van der Waals surface area (Å²) in [5.41, 5.74) is 0.974. The van der Waals surface area contributed by atoms with Gasteiger partial charge in [-0.2, -0.15) is 0 Å². The van der Waals surface area contributed by atoms with Crippen molar-refractivity contribution in [2.45, 2.75) is 40.2 Å². The van der Waals surface area contributed by atoms with Crippen LogP contribution in [0.15, 0.2) is 12.3 Å². The highest BCUT2D eigenvalue weighted by atomic mass is 16.2. The van der Waals surface area contributed by atoms with Crippen molar-refractivity contribution in [1.29, 1.82) is 0 Å². The molecule has 1 unspecified atom stereocenters. The predicted molar refractivity (Wildman–Crippen MR) is 67.2 cm³/mol. The van der Waals surface area contributed by atoms with E-state index in [0.717, 1.165) is 6.42 Å². The van der Waals surface area contributed by atoms with Crippen molar-refractivity contribution in [3.63, 3.8) is 0 Å². The molecule has 1 aromatic rings. The molecule has 0 saturated carbocycles. The van der Waals surface area contributed by atoms with Gasteiger partial charge in [-0.1, -0.05) is 20.8 Å². The molecule has 1 atom stereocenters. The summed E-state index contributed by atoms with van der Waals surface area (Å²) >= 11 is 0. The molecule has 1 heterocycles. The number of ketones is 1. The summed E-state index contributed by atoms with van der Waals surface area (Å²) in [5, 5.41) is 2.95. The molecule has 0 radical (unpaired) electrons. The van der Waals surface area contributed by atoms with Gasteiger partial charge in [0.05, 0.1) is 0 Å². The summed E-state index contributed by atoms with van der Waals surface area (Å²) in [4.78, 5) is 25.8. The maximum absolute atomic E-state index is 11.9.